The summed E-state index contributed by atoms with van der Waals surface area (Å²) in [7, 11) is 0. The van der Waals surface area contributed by atoms with Gasteiger partial charge >= 0.3 is 23.9 Å². The van der Waals surface area contributed by atoms with Crippen molar-refractivity contribution in [2.24, 2.45) is 11.5 Å². The van der Waals surface area contributed by atoms with E-state index in [1.165, 1.54) is 48.5 Å². The summed E-state index contributed by atoms with van der Waals surface area (Å²) in [5, 5.41) is 98.3. The molecule has 0 aliphatic rings. The number of aliphatic carboxylic acids is 4. The molecule has 0 heterocycles. The molecule has 25 N–H and O–H groups in total. The minimum absolute atomic E-state index is 0.0371. The first-order valence-electron chi connectivity index (χ1n) is 32.8. The Morgan fingerprint density at radius 2 is 0.654 bits per heavy atom. The highest BCUT2D eigenvalue weighted by molar-refractivity contribution is 6.00. The van der Waals surface area contributed by atoms with Crippen LogP contribution < -0.4 is 85.9 Å². The second-order valence-corrected chi connectivity index (χ2v) is 23.8. The first kappa shape index (κ1) is 86.1. The lowest BCUT2D eigenvalue weighted by atomic mass is 10.0. The lowest BCUT2D eigenvalue weighted by Crippen LogP contribution is -2.59. The molecule has 0 aromatic heterocycles. The Morgan fingerprint density at radius 3 is 1.05 bits per heavy atom. The van der Waals surface area contributed by atoms with E-state index in [9.17, 15) is 112 Å². The van der Waals surface area contributed by atoms with E-state index in [0.29, 0.717) is 16.7 Å². The second kappa shape index (κ2) is 44.3. The highest BCUT2D eigenvalue weighted by Gasteiger charge is 2.36. The van der Waals surface area contributed by atoms with Crippen LogP contribution in [0.1, 0.15) is 61.3 Å². The number of aromatic hydroxyl groups is 2. The number of rotatable bonds is 45. The molecular formula is C67H85N17O23. The van der Waals surface area contributed by atoms with Crippen molar-refractivity contribution in [1.82, 2.24) is 74.4 Å². The van der Waals surface area contributed by atoms with E-state index >= 15 is 0 Å². The van der Waals surface area contributed by atoms with Gasteiger partial charge < -0.3 is 117 Å². The number of nitrogens with one attached hydrogen (secondary N) is 15. The Labute approximate surface area is 609 Å². The molecule has 4 aromatic carbocycles. The lowest BCUT2D eigenvalue weighted by Gasteiger charge is -2.26. The summed E-state index contributed by atoms with van der Waals surface area (Å²) in [6.07, 6.45) is -4.98. The van der Waals surface area contributed by atoms with Crippen LogP contribution in [0.25, 0.3) is 0 Å². The van der Waals surface area contributed by atoms with Gasteiger partial charge in [-0.1, -0.05) is 84.9 Å². The summed E-state index contributed by atoms with van der Waals surface area (Å²) in [6.45, 7) is -2.67. The first-order chi connectivity index (χ1) is 50.7. The zero-order valence-corrected chi connectivity index (χ0v) is 57.5. The summed E-state index contributed by atoms with van der Waals surface area (Å²) in [5.74, 6) is -21.5. The van der Waals surface area contributed by atoms with Gasteiger partial charge in [-0.15, -0.1) is 0 Å². The molecule has 0 fully saturated rings. The number of hydrogen-bond acceptors (Lipinski definition) is 21. The van der Waals surface area contributed by atoms with E-state index in [1.54, 1.807) is 60.7 Å². The minimum atomic E-state index is -2.07. The number of carboxylic acid groups (broad SMARTS) is 4. The molecule has 0 aliphatic carbocycles. The number of nitrogens with two attached hydrogens (primary N) is 2. The van der Waals surface area contributed by atoms with Gasteiger partial charge in [0.15, 0.2) is 5.96 Å². The maximum Gasteiger partial charge on any atom is 0.325 e. The Kier molecular flexibility index (Phi) is 35.6. The van der Waals surface area contributed by atoms with E-state index in [-0.39, 0.29) is 55.7 Å². The van der Waals surface area contributed by atoms with E-state index in [4.69, 9.17) is 16.9 Å². The molecule has 576 valence electrons. The Hall–Kier alpha value is -13.3. The maximum atomic E-state index is 14.2. The van der Waals surface area contributed by atoms with Crippen LogP contribution in [0.4, 0.5) is 0 Å². The van der Waals surface area contributed by atoms with Crippen LogP contribution in [0.15, 0.2) is 109 Å². The second-order valence-electron chi connectivity index (χ2n) is 23.8. The van der Waals surface area contributed by atoms with Crippen LogP contribution in [0.2, 0.25) is 0 Å². The number of carboxylic acids is 4. The van der Waals surface area contributed by atoms with Crippen LogP contribution in [0, 0.1) is 5.41 Å². The molecule has 0 aliphatic heterocycles. The normalized spacial score (nSPS) is 13.2. The number of carbonyl (C=O) groups is 17. The van der Waals surface area contributed by atoms with Crippen molar-refractivity contribution >= 4 is 107 Å². The van der Waals surface area contributed by atoms with Crippen LogP contribution in [-0.2, 0) is 107 Å². The van der Waals surface area contributed by atoms with Crippen LogP contribution in [-0.4, -0.2) is 231 Å². The fourth-order valence-electron chi connectivity index (χ4n) is 9.77. The average Bonchev–Trinajstić information content (AvgIpc) is 0.882. The third-order valence-corrected chi connectivity index (χ3v) is 15.2. The van der Waals surface area contributed by atoms with Crippen molar-refractivity contribution in [3.05, 3.63) is 131 Å². The predicted octanol–water partition coefficient (Wildman–Crippen LogP) is -7.05. The molecule has 13 amide bonds. The van der Waals surface area contributed by atoms with Crippen LogP contribution in [0.3, 0.4) is 0 Å². The van der Waals surface area contributed by atoms with E-state index in [1.807, 2.05) is 0 Å². The highest BCUT2D eigenvalue weighted by atomic mass is 16.4. The van der Waals surface area contributed by atoms with E-state index in [2.05, 4.69) is 74.4 Å². The molecule has 9 atom stereocenters. The van der Waals surface area contributed by atoms with Gasteiger partial charge in [-0.2, -0.15) is 0 Å². The lowest BCUT2D eigenvalue weighted by molar-refractivity contribution is -0.142. The molecule has 107 heavy (non-hydrogen) atoms. The smallest absolute Gasteiger partial charge is 0.325 e. The maximum absolute atomic E-state index is 14.2. The minimum Gasteiger partial charge on any atom is -0.508 e. The third-order valence-electron chi connectivity index (χ3n) is 15.2. The molecule has 40 heteroatoms. The number of benzene rings is 4. The molecular weight excluding hydrogens is 1410 g/mol. The largest absolute Gasteiger partial charge is 0.508 e. The zero-order chi connectivity index (χ0) is 79.3. The van der Waals surface area contributed by atoms with Crippen LogP contribution >= 0.6 is 0 Å². The quantitative estimate of drug-likeness (QED) is 0.0111. The van der Waals surface area contributed by atoms with Gasteiger partial charge in [0.05, 0.1) is 52.0 Å². The molecule has 0 spiro atoms. The van der Waals surface area contributed by atoms with Gasteiger partial charge in [0, 0.05) is 32.2 Å². The number of hydrogen-bond donors (Lipinski definition) is 23. The summed E-state index contributed by atoms with van der Waals surface area (Å²) in [4.78, 5) is 224. The van der Waals surface area contributed by atoms with Gasteiger partial charge in [-0.3, -0.25) is 86.9 Å². The van der Waals surface area contributed by atoms with Crippen molar-refractivity contribution in [3.8, 4) is 11.5 Å². The van der Waals surface area contributed by atoms with E-state index in [0.717, 1.165) is 6.92 Å². The van der Waals surface area contributed by atoms with Gasteiger partial charge in [-0.25, -0.2) is 0 Å². The van der Waals surface area contributed by atoms with Crippen molar-refractivity contribution < 1.29 is 112 Å². The summed E-state index contributed by atoms with van der Waals surface area (Å²) in [5.41, 5.74) is 12.0. The number of amides is 13. The summed E-state index contributed by atoms with van der Waals surface area (Å²) in [6, 6.07) is 10.5. The topological polar surface area (TPSA) is 656 Å². The number of phenolic OH excluding ortho intramolecular Hbond substituents is 2. The number of carbonyl (C=O) groups excluding carboxylic acids is 13. The third kappa shape index (κ3) is 33.1. The average molecular weight is 1500 g/mol. The van der Waals surface area contributed by atoms with Gasteiger partial charge in [-0.05, 0) is 66.3 Å². The molecule has 0 radical (unpaired) electrons. The molecule has 0 saturated carbocycles. The SMILES string of the molecule is C[C@H](NC(=O)[C@H](CCCNC(=N)N)NC(=O)[C@H](Cc1ccccc1)NC(=O)[C@H](CC(=O)O)NC(=O)CNC(=O)[C@H](CC(=O)O)NC(=O)[C@H](Cc1ccc(O)cc1)NC(=O)CNC(=O)[C@H](Cc1ccccc1)NC(=O)[C@H](CC(=O)O)NC(=O)[C@H](Cc1ccc(O)cc1)NC(=O)CNC(=O)CNC(=O)CN)C(=O)O. The fraction of sp³-hybridized carbons (Fsp3) is 0.373. The van der Waals surface area contributed by atoms with Gasteiger partial charge in [0.25, 0.3) is 0 Å². The standard InChI is InChI=1S/C67H85N17O23/c1-35(66(106)107)76-60(100)42(13-8-22-71-67(69)70)80-63(103)46(24-37-11-6-3-7-12-37)82-64(104)48(28-56(94)95)79-54(91)34-75-59(99)47(27-55(92)93)83-61(101)44(25-38-14-18-40(85)19-15-38)78-53(90)33-74-58(98)43(23-36-9-4-2-5-10-36)81-65(105)49(29-57(96)97)84-62(102)45(26-39-16-20-41(86)21-17-39)77-52(89)32-73-51(88)31-72-50(87)30-68/h2-7,9-12,14-21,35,42-49,85-86H,8,13,22-34,68H2,1H3,(H,72,87)(H,73,88)(H,74,98)(H,75,99)(H,76,100)(H,77,89)(H,78,90)(H,79,91)(H,80,103)(H,81,105)(H,82,104)(H,83,101)(H,84,102)(H,92,93)(H,94,95)(H,96,97)(H,106,107)(H4,69,70,71)/t35-,42-,43-,44-,45-,46-,47-,48-,49-/m0/s1. The van der Waals surface area contributed by atoms with Gasteiger partial charge in [0.2, 0.25) is 76.8 Å². The van der Waals surface area contributed by atoms with E-state index < -0.39 is 219 Å². The van der Waals surface area contributed by atoms with Crippen LogP contribution in [0.5, 0.6) is 11.5 Å². The monoisotopic (exact) mass is 1500 g/mol. The molecule has 4 aromatic rings. The van der Waals surface area contributed by atoms with Crippen molar-refractivity contribution in [2.45, 2.75) is 119 Å². The van der Waals surface area contributed by atoms with Crippen molar-refractivity contribution in [2.75, 3.05) is 39.3 Å². The molecule has 0 bridgehead atoms. The molecule has 4 rings (SSSR count). The number of guanidine groups is 1. The Balaban J connectivity index is 1.52. The molecule has 0 saturated heterocycles. The van der Waals surface area contributed by atoms with Gasteiger partial charge in [0.1, 0.15) is 65.9 Å². The molecule has 40 nitrogen and oxygen atoms in total. The number of phenols is 2. The fourth-order valence-corrected chi connectivity index (χ4v) is 9.77. The Bertz CT molecular complexity index is 3830. The summed E-state index contributed by atoms with van der Waals surface area (Å²) >= 11 is 0. The highest BCUT2D eigenvalue weighted by Crippen LogP contribution is 2.15. The predicted molar refractivity (Wildman–Crippen MR) is 372 cm³/mol. The zero-order valence-electron chi connectivity index (χ0n) is 57.5. The molecule has 0 unspecified atom stereocenters. The first-order valence-corrected chi connectivity index (χ1v) is 32.8. The van der Waals surface area contributed by atoms with Crippen molar-refractivity contribution in [1.29, 1.82) is 5.41 Å². The van der Waals surface area contributed by atoms with Crippen molar-refractivity contribution in [3.63, 3.8) is 0 Å². The summed E-state index contributed by atoms with van der Waals surface area (Å²) < 4.78 is 0. The Morgan fingerprint density at radius 1 is 0.355 bits per heavy atom.